The predicted molar refractivity (Wildman–Crippen MR) is 89.2 cm³/mol. The molecule has 1 aromatic heterocycles. The summed E-state index contributed by atoms with van der Waals surface area (Å²) in [6.07, 6.45) is 6.89. The van der Waals surface area contributed by atoms with Crippen molar-refractivity contribution in [1.29, 1.82) is 0 Å². The molecule has 3 saturated heterocycles. The highest BCUT2D eigenvalue weighted by Gasteiger charge is 2.39. The molecule has 1 radical (unpaired) electrons. The van der Waals surface area contributed by atoms with E-state index in [-0.39, 0.29) is 0 Å². The van der Waals surface area contributed by atoms with E-state index in [1.807, 2.05) is 18.2 Å². The molecule has 3 aliphatic rings. The Bertz CT molecular complexity index is 702. The minimum absolute atomic E-state index is 0.292. The highest BCUT2D eigenvalue weighted by Crippen LogP contribution is 2.40. The first-order valence-electron chi connectivity index (χ1n) is 8.66. The quantitative estimate of drug-likeness (QED) is 0.797. The number of hydrogen-bond donors (Lipinski definition) is 0. The zero-order valence-corrected chi connectivity index (χ0v) is 13.6. The SMILES string of the molecule is CC[CH]C([C@H]1CN2CCC1CC2)n1nnc2cc(C=O)ccc21. The molecule has 3 fully saturated rings. The molecule has 5 heteroatoms. The van der Waals surface area contributed by atoms with Gasteiger partial charge in [0.25, 0.3) is 0 Å². The maximum Gasteiger partial charge on any atom is 0.150 e. The summed E-state index contributed by atoms with van der Waals surface area (Å²) in [7, 11) is 0. The lowest BCUT2D eigenvalue weighted by Gasteiger charge is -2.47. The zero-order valence-electron chi connectivity index (χ0n) is 13.6. The molecular formula is C18H23N4O. The molecule has 4 heterocycles. The van der Waals surface area contributed by atoms with Crippen LogP contribution < -0.4 is 0 Å². The Morgan fingerprint density at radius 1 is 1.35 bits per heavy atom. The van der Waals surface area contributed by atoms with Gasteiger partial charge in [-0.1, -0.05) is 18.6 Å². The molecule has 2 aromatic rings. The molecule has 0 spiro atoms. The molecule has 5 nitrogen and oxygen atoms in total. The molecule has 23 heavy (non-hydrogen) atoms. The summed E-state index contributed by atoms with van der Waals surface area (Å²) >= 11 is 0. The average Bonchev–Trinajstić information content (AvgIpc) is 3.03. The van der Waals surface area contributed by atoms with Gasteiger partial charge in [-0.15, -0.1) is 5.10 Å². The molecule has 2 atom stereocenters. The molecule has 2 bridgehead atoms. The Labute approximate surface area is 136 Å². The first-order valence-corrected chi connectivity index (χ1v) is 8.66. The van der Waals surface area contributed by atoms with E-state index in [1.165, 1.54) is 32.5 Å². The minimum Gasteiger partial charge on any atom is -0.303 e. The van der Waals surface area contributed by atoms with E-state index in [2.05, 4.69) is 33.2 Å². The number of piperidine rings is 3. The maximum absolute atomic E-state index is 11.0. The van der Waals surface area contributed by atoms with Crippen molar-refractivity contribution < 1.29 is 4.79 Å². The fourth-order valence-electron chi connectivity index (χ4n) is 4.35. The van der Waals surface area contributed by atoms with Crippen molar-refractivity contribution in [2.24, 2.45) is 11.8 Å². The molecule has 0 N–H and O–H groups in total. The second kappa shape index (κ2) is 6.04. The van der Waals surface area contributed by atoms with Crippen LogP contribution in [0.2, 0.25) is 0 Å². The summed E-state index contributed by atoms with van der Waals surface area (Å²) in [5, 5.41) is 8.76. The van der Waals surface area contributed by atoms with Crippen LogP contribution >= 0.6 is 0 Å². The van der Waals surface area contributed by atoms with Crippen LogP contribution in [0.5, 0.6) is 0 Å². The van der Waals surface area contributed by atoms with Gasteiger partial charge in [0, 0.05) is 12.1 Å². The Hall–Kier alpha value is -1.75. The Morgan fingerprint density at radius 2 is 2.17 bits per heavy atom. The molecule has 3 aliphatic heterocycles. The number of rotatable bonds is 5. The lowest BCUT2D eigenvalue weighted by atomic mass is 9.74. The zero-order chi connectivity index (χ0) is 15.8. The molecule has 1 unspecified atom stereocenters. The molecule has 0 aliphatic carbocycles. The van der Waals surface area contributed by atoms with Crippen LogP contribution in [-0.2, 0) is 0 Å². The van der Waals surface area contributed by atoms with Gasteiger partial charge < -0.3 is 4.90 Å². The van der Waals surface area contributed by atoms with E-state index in [0.717, 1.165) is 29.7 Å². The second-order valence-corrected chi connectivity index (χ2v) is 6.84. The highest BCUT2D eigenvalue weighted by atomic mass is 16.1. The number of carbonyl (C=O) groups excluding carboxylic acids is 1. The van der Waals surface area contributed by atoms with E-state index < -0.39 is 0 Å². The molecule has 5 rings (SSSR count). The average molecular weight is 311 g/mol. The molecule has 0 amide bonds. The topological polar surface area (TPSA) is 51.0 Å². The Morgan fingerprint density at radius 3 is 2.83 bits per heavy atom. The molecular weight excluding hydrogens is 288 g/mol. The summed E-state index contributed by atoms with van der Waals surface area (Å²) in [4.78, 5) is 13.5. The molecule has 1 aromatic carbocycles. The largest absolute Gasteiger partial charge is 0.303 e. The smallest absolute Gasteiger partial charge is 0.150 e. The standard InChI is InChI=1S/C18H23N4O/c1-2-3-17(15-11-21-8-6-14(15)7-9-21)22-18-5-4-13(12-23)10-16(18)19-20-22/h3-5,10,12,14-15,17H,2,6-9,11H2,1H3/t15-,17?/m0/s1. The van der Waals surface area contributed by atoms with Crippen molar-refractivity contribution in [2.45, 2.75) is 32.2 Å². The van der Waals surface area contributed by atoms with Crippen LogP contribution in [0.3, 0.4) is 0 Å². The number of aromatic nitrogens is 3. The summed E-state index contributed by atoms with van der Waals surface area (Å²) in [5.74, 6) is 1.41. The van der Waals surface area contributed by atoms with Gasteiger partial charge in [-0.25, -0.2) is 4.68 Å². The predicted octanol–water partition coefficient (Wildman–Crippen LogP) is 2.74. The van der Waals surface area contributed by atoms with Gasteiger partial charge in [-0.3, -0.25) is 4.79 Å². The highest BCUT2D eigenvalue weighted by molar-refractivity contribution is 5.84. The van der Waals surface area contributed by atoms with Crippen molar-refractivity contribution in [3.05, 3.63) is 30.2 Å². The lowest BCUT2D eigenvalue weighted by molar-refractivity contribution is 0.0269. The monoisotopic (exact) mass is 311 g/mol. The minimum atomic E-state index is 0.292. The summed E-state index contributed by atoms with van der Waals surface area (Å²) in [6.45, 7) is 5.86. The lowest BCUT2D eigenvalue weighted by Crippen LogP contribution is -2.50. The van der Waals surface area contributed by atoms with Crippen molar-refractivity contribution in [1.82, 2.24) is 19.9 Å². The van der Waals surface area contributed by atoms with Crippen molar-refractivity contribution in [3.8, 4) is 0 Å². The van der Waals surface area contributed by atoms with Gasteiger partial charge in [0.05, 0.1) is 11.6 Å². The summed E-state index contributed by atoms with van der Waals surface area (Å²) in [6, 6.07) is 5.96. The first kappa shape index (κ1) is 14.8. The number of aldehydes is 1. The Balaban J connectivity index is 1.71. The van der Waals surface area contributed by atoms with Gasteiger partial charge in [-0.2, -0.15) is 0 Å². The van der Waals surface area contributed by atoms with Crippen LogP contribution in [0.15, 0.2) is 18.2 Å². The van der Waals surface area contributed by atoms with E-state index in [1.54, 1.807) is 0 Å². The first-order chi connectivity index (χ1) is 11.3. The number of fused-ring (bicyclic) bond motifs is 4. The summed E-state index contributed by atoms with van der Waals surface area (Å²) < 4.78 is 2.08. The normalized spacial score (nSPS) is 28.1. The third-order valence-corrected chi connectivity index (χ3v) is 5.54. The fraction of sp³-hybridized carbons (Fsp3) is 0.556. The van der Waals surface area contributed by atoms with Crippen LogP contribution in [0.1, 0.15) is 42.6 Å². The van der Waals surface area contributed by atoms with Crippen LogP contribution in [0, 0.1) is 18.3 Å². The van der Waals surface area contributed by atoms with Crippen molar-refractivity contribution in [2.75, 3.05) is 19.6 Å². The van der Waals surface area contributed by atoms with Gasteiger partial charge in [0.15, 0.2) is 0 Å². The van der Waals surface area contributed by atoms with E-state index in [9.17, 15) is 4.79 Å². The molecule has 0 saturated carbocycles. The molecule has 121 valence electrons. The van der Waals surface area contributed by atoms with E-state index >= 15 is 0 Å². The van der Waals surface area contributed by atoms with E-state index in [0.29, 0.717) is 17.5 Å². The maximum atomic E-state index is 11.0. The van der Waals surface area contributed by atoms with Crippen molar-refractivity contribution in [3.63, 3.8) is 0 Å². The van der Waals surface area contributed by atoms with Gasteiger partial charge in [-0.05, 0) is 62.4 Å². The van der Waals surface area contributed by atoms with Gasteiger partial charge in [0.1, 0.15) is 11.8 Å². The fourth-order valence-corrected chi connectivity index (χ4v) is 4.35. The van der Waals surface area contributed by atoms with Crippen LogP contribution in [0.25, 0.3) is 11.0 Å². The number of nitrogens with zero attached hydrogens (tertiary/aromatic N) is 4. The third-order valence-electron chi connectivity index (χ3n) is 5.54. The number of benzene rings is 1. The van der Waals surface area contributed by atoms with Crippen LogP contribution in [0.4, 0.5) is 0 Å². The van der Waals surface area contributed by atoms with Crippen molar-refractivity contribution >= 4 is 17.3 Å². The third kappa shape index (κ3) is 2.57. The van der Waals surface area contributed by atoms with Crippen LogP contribution in [-0.4, -0.2) is 45.8 Å². The Kier molecular flexibility index (Phi) is 3.89. The number of hydrogen-bond acceptors (Lipinski definition) is 4. The van der Waals surface area contributed by atoms with Gasteiger partial charge >= 0.3 is 0 Å². The summed E-state index contributed by atoms with van der Waals surface area (Å²) in [5.41, 5.74) is 2.50. The second-order valence-electron chi connectivity index (χ2n) is 6.84. The van der Waals surface area contributed by atoms with Gasteiger partial charge in [0.2, 0.25) is 0 Å². The number of carbonyl (C=O) groups is 1. The van der Waals surface area contributed by atoms with E-state index in [4.69, 9.17) is 0 Å².